The van der Waals surface area contributed by atoms with Crippen molar-refractivity contribution >= 4 is 17.9 Å². The number of carbonyl (C=O) groups is 3. The quantitative estimate of drug-likeness (QED) is 0.349. The number of cyclic esters (lactones) is 1. The van der Waals surface area contributed by atoms with Gasteiger partial charge in [0.05, 0.1) is 0 Å². The molecule has 3 rings (SSSR count). The molecule has 6 unspecified atom stereocenters. The molecule has 1 saturated heterocycles. The number of carbonyl (C=O) groups excluding carboxylic acids is 3. The van der Waals surface area contributed by atoms with Crippen molar-refractivity contribution in [1.29, 1.82) is 0 Å². The summed E-state index contributed by atoms with van der Waals surface area (Å²) in [6, 6.07) is 0. The fraction of sp³-hybridized carbons (Fsp3) is 0.800. The number of esters is 3. The summed E-state index contributed by atoms with van der Waals surface area (Å²) in [5, 5.41) is 0. The average Bonchev–Trinajstić information content (AvgIpc) is 3.07. The standard InChI is InChI=1S/C25H38O6/c1-14(2)10-19(26)30-18-9-8-16(5)24(7)13-25(17(6)12-29-23(25)28)22(21(18)24)31-20(27)11-15(3)4/h14-16,18,21-22H,6,8-13H2,1-5,7H3. The fourth-order valence-electron chi connectivity index (χ4n) is 5.97. The molecule has 6 heteroatoms. The molecular formula is C25H38O6. The molecule has 2 saturated carbocycles. The highest BCUT2D eigenvalue weighted by atomic mass is 16.6. The van der Waals surface area contributed by atoms with E-state index in [9.17, 15) is 14.4 Å². The summed E-state index contributed by atoms with van der Waals surface area (Å²) < 4.78 is 17.5. The lowest BCUT2D eigenvalue weighted by Gasteiger charge is -2.46. The zero-order chi connectivity index (χ0) is 23.1. The molecule has 6 atom stereocenters. The molecular weight excluding hydrogens is 396 g/mol. The molecule has 1 spiro atoms. The van der Waals surface area contributed by atoms with E-state index in [0.29, 0.717) is 24.8 Å². The van der Waals surface area contributed by atoms with Gasteiger partial charge in [-0.05, 0) is 48.0 Å². The minimum Gasteiger partial charge on any atom is -0.462 e. The van der Waals surface area contributed by atoms with Gasteiger partial charge in [-0.3, -0.25) is 14.4 Å². The molecule has 0 radical (unpaired) electrons. The Balaban J connectivity index is 2.01. The van der Waals surface area contributed by atoms with E-state index in [-0.39, 0.29) is 60.0 Å². The highest BCUT2D eigenvalue weighted by Gasteiger charge is 2.72. The zero-order valence-electron chi connectivity index (χ0n) is 19.9. The highest BCUT2D eigenvalue weighted by Crippen LogP contribution is 2.66. The molecule has 174 valence electrons. The molecule has 6 nitrogen and oxygen atoms in total. The Morgan fingerprint density at radius 2 is 1.68 bits per heavy atom. The van der Waals surface area contributed by atoms with E-state index in [1.54, 1.807) is 0 Å². The molecule has 3 fully saturated rings. The van der Waals surface area contributed by atoms with Gasteiger partial charge in [0.2, 0.25) is 0 Å². The SMILES string of the molecule is C=C1COC(=O)C12CC1(C)C(C)CCC(OC(=O)CC(C)C)C1C2OC(=O)CC(C)C. The van der Waals surface area contributed by atoms with Crippen LogP contribution in [0.1, 0.15) is 73.6 Å². The van der Waals surface area contributed by atoms with Gasteiger partial charge in [-0.25, -0.2) is 0 Å². The molecule has 1 aliphatic heterocycles. The van der Waals surface area contributed by atoms with E-state index in [0.717, 1.165) is 6.42 Å². The Hall–Kier alpha value is -1.85. The van der Waals surface area contributed by atoms with Crippen LogP contribution >= 0.6 is 0 Å². The van der Waals surface area contributed by atoms with Crippen LogP contribution in [0.3, 0.4) is 0 Å². The maximum absolute atomic E-state index is 13.1. The second-order valence-corrected chi connectivity index (χ2v) is 11.0. The van der Waals surface area contributed by atoms with Crippen molar-refractivity contribution in [1.82, 2.24) is 0 Å². The summed E-state index contributed by atoms with van der Waals surface area (Å²) in [5.74, 6) is -0.592. The Labute approximate surface area is 186 Å². The summed E-state index contributed by atoms with van der Waals surface area (Å²) in [7, 11) is 0. The van der Waals surface area contributed by atoms with Gasteiger partial charge in [0.25, 0.3) is 0 Å². The van der Waals surface area contributed by atoms with Crippen LogP contribution in [0.4, 0.5) is 0 Å². The Morgan fingerprint density at radius 3 is 2.19 bits per heavy atom. The van der Waals surface area contributed by atoms with Crippen molar-refractivity contribution in [3.05, 3.63) is 12.2 Å². The molecule has 0 aromatic rings. The topological polar surface area (TPSA) is 78.9 Å². The molecule has 1 heterocycles. The average molecular weight is 435 g/mol. The molecule has 31 heavy (non-hydrogen) atoms. The summed E-state index contributed by atoms with van der Waals surface area (Å²) >= 11 is 0. The van der Waals surface area contributed by atoms with Crippen molar-refractivity contribution in [3.8, 4) is 0 Å². The second kappa shape index (κ2) is 8.59. The molecule has 0 N–H and O–H groups in total. The monoisotopic (exact) mass is 434 g/mol. The first kappa shape index (κ1) is 23.8. The summed E-state index contributed by atoms with van der Waals surface area (Å²) in [6.07, 6.45) is 1.56. The number of hydrogen-bond donors (Lipinski definition) is 0. The predicted octanol–water partition coefficient (Wildman–Crippen LogP) is 4.46. The zero-order valence-corrected chi connectivity index (χ0v) is 19.9. The first-order valence-corrected chi connectivity index (χ1v) is 11.7. The summed E-state index contributed by atoms with van der Waals surface area (Å²) in [4.78, 5) is 38.5. The van der Waals surface area contributed by atoms with Crippen LogP contribution in [-0.2, 0) is 28.6 Å². The van der Waals surface area contributed by atoms with E-state index < -0.39 is 17.6 Å². The van der Waals surface area contributed by atoms with Gasteiger partial charge in [0.1, 0.15) is 24.2 Å². The second-order valence-electron chi connectivity index (χ2n) is 11.0. The van der Waals surface area contributed by atoms with E-state index in [2.05, 4.69) is 20.4 Å². The lowest BCUT2D eigenvalue weighted by atomic mass is 9.61. The Kier molecular flexibility index (Phi) is 6.60. The third kappa shape index (κ3) is 4.14. The van der Waals surface area contributed by atoms with Crippen molar-refractivity contribution in [2.24, 2.45) is 34.5 Å². The van der Waals surface area contributed by atoms with Gasteiger partial charge >= 0.3 is 17.9 Å². The molecule has 0 aromatic heterocycles. The van der Waals surface area contributed by atoms with Crippen LogP contribution in [0.25, 0.3) is 0 Å². The molecule has 3 aliphatic rings. The van der Waals surface area contributed by atoms with Crippen molar-refractivity contribution in [2.75, 3.05) is 6.61 Å². The maximum atomic E-state index is 13.1. The number of fused-ring (bicyclic) bond motifs is 1. The largest absolute Gasteiger partial charge is 0.462 e. The van der Waals surface area contributed by atoms with Gasteiger partial charge < -0.3 is 14.2 Å². The molecule has 0 amide bonds. The van der Waals surface area contributed by atoms with Crippen LogP contribution in [0.5, 0.6) is 0 Å². The third-order valence-corrected chi connectivity index (χ3v) is 7.71. The molecule has 0 bridgehead atoms. The molecule has 2 aliphatic carbocycles. The number of hydrogen-bond acceptors (Lipinski definition) is 6. The highest BCUT2D eigenvalue weighted by molar-refractivity contribution is 5.86. The van der Waals surface area contributed by atoms with E-state index in [1.807, 2.05) is 27.7 Å². The van der Waals surface area contributed by atoms with Gasteiger partial charge in [0.15, 0.2) is 0 Å². The minimum atomic E-state index is -1.06. The summed E-state index contributed by atoms with van der Waals surface area (Å²) in [6.45, 7) is 16.5. The predicted molar refractivity (Wildman–Crippen MR) is 116 cm³/mol. The lowest BCUT2D eigenvalue weighted by molar-refractivity contribution is -0.177. The summed E-state index contributed by atoms with van der Waals surface area (Å²) in [5.41, 5.74) is -0.737. The van der Waals surface area contributed by atoms with E-state index in [4.69, 9.17) is 14.2 Å². The Bertz CT molecular complexity index is 737. The van der Waals surface area contributed by atoms with Crippen molar-refractivity contribution in [3.63, 3.8) is 0 Å². The molecule has 0 aromatic carbocycles. The van der Waals surface area contributed by atoms with E-state index in [1.165, 1.54) is 0 Å². The minimum absolute atomic E-state index is 0.139. The van der Waals surface area contributed by atoms with Gasteiger partial charge in [0, 0.05) is 18.8 Å². The number of ether oxygens (including phenoxy) is 3. The first-order chi connectivity index (χ1) is 14.4. The lowest BCUT2D eigenvalue weighted by Crippen LogP contribution is -2.50. The van der Waals surface area contributed by atoms with E-state index >= 15 is 0 Å². The van der Waals surface area contributed by atoms with Crippen LogP contribution in [0.15, 0.2) is 12.2 Å². The first-order valence-electron chi connectivity index (χ1n) is 11.7. The van der Waals surface area contributed by atoms with Crippen LogP contribution in [-0.4, -0.2) is 36.7 Å². The van der Waals surface area contributed by atoms with Gasteiger partial charge in [-0.2, -0.15) is 0 Å². The normalized spacial score (nSPS) is 37.3. The third-order valence-electron chi connectivity index (χ3n) is 7.71. The van der Waals surface area contributed by atoms with Gasteiger partial charge in [-0.15, -0.1) is 0 Å². The van der Waals surface area contributed by atoms with Crippen LogP contribution in [0, 0.1) is 34.5 Å². The fourth-order valence-corrected chi connectivity index (χ4v) is 5.97. The van der Waals surface area contributed by atoms with Gasteiger partial charge in [-0.1, -0.05) is 48.1 Å². The number of rotatable bonds is 6. The van der Waals surface area contributed by atoms with Crippen molar-refractivity contribution < 1.29 is 28.6 Å². The smallest absolute Gasteiger partial charge is 0.320 e. The maximum Gasteiger partial charge on any atom is 0.320 e. The van der Waals surface area contributed by atoms with Crippen LogP contribution < -0.4 is 0 Å². The Morgan fingerprint density at radius 1 is 1.10 bits per heavy atom. The van der Waals surface area contributed by atoms with Crippen LogP contribution in [0.2, 0.25) is 0 Å². The van der Waals surface area contributed by atoms with Crippen molar-refractivity contribution in [2.45, 2.75) is 85.9 Å².